The zero-order valence-corrected chi connectivity index (χ0v) is 17.7. The minimum atomic E-state index is -0.771. The van der Waals surface area contributed by atoms with Gasteiger partial charge in [-0.15, -0.1) is 0 Å². The highest BCUT2D eigenvalue weighted by Crippen LogP contribution is 2.40. The smallest absolute Gasteiger partial charge is 0.190 e. The quantitative estimate of drug-likeness (QED) is 0.338. The second-order valence-electron chi connectivity index (χ2n) is 8.10. The van der Waals surface area contributed by atoms with Crippen LogP contribution in [0.15, 0.2) is 65.8 Å². The number of fused-ring (bicyclic) bond motifs is 1. The molecule has 0 aliphatic carbocycles. The standard InChI is InChI=1S/C23H27N3O5/c1-23(2)30-21-20(28-14-17-11-7-4-8-12-17)19(29-22(21)31-23)18(25-26-24)15-27-13-16-9-5-3-6-10-16/h3-12,18-22H,13-15H2,1-2H3/t18-,19+,20+,21+,22+/m1/s1. The first kappa shape index (κ1) is 21.8. The maximum Gasteiger partial charge on any atom is 0.190 e. The number of rotatable bonds is 9. The van der Waals surface area contributed by atoms with Gasteiger partial charge in [0, 0.05) is 4.91 Å². The van der Waals surface area contributed by atoms with Crippen LogP contribution in [0, 0.1) is 0 Å². The van der Waals surface area contributed by atoms with E-state index < -0.39 is 36.4 Å². The highest BCUT2D eigenvalue weighted by atomic mass is 16.8. The van der Waals surface area contributed by atoms with Gasteiger partial charge < -0.3 is 23.7 Å². The molecule has 2 fully saturated rings. The van der Waals surface area contributed by atoms with Crippen molar-refractivity contribution in [1.82, 2.24) is 0 Å². The van der Waals surface area contributed by atoms with Crippen molar-refractivity contribution in [3.63, 3.8) is 0 Å². The second-order valence-corrected chi connectivity index (χ2v) is 8.10. The van der Waals surface area contributed by atoms with Crippen LogP contribution in [0.5, 0.6) is 0 Å². The molecule has 0 N–H and O–H groups in total. The van der Waals surface area contributed by atoms with Crippen LogP contribution >= 0.6 is 0 Å². The molecule has 0 aromatic heterocycles. The Hall–Kier alpha value is -2.45. The Bertz CT molecular complexity index is 889. The van der Waals surface area contributed by atoms with Gasteiger partial charge in [0.1, 0.15) is 18.3 Å². The molecule has 0 bridgehead atoms. The van der Waals surface area contributed by atoms with Crippen LogP contribution < -0.4 is 0 Å². The maximum absolute atomic E-state index is 9.14. The average Bonchev–Trinajstić information content (AvgIpc) is 3.24. The van der Waals surface area contributed by atoms with Crippen molar-refractivity contribution in [3.05, 3.63) is 82.2 Å². The molecule has 0 amide bonds. The molecule has 8 heteroatoms. The van der Waals surface area contributed by atoms with E-state index in [1.165, 1.54) is 0 Å². The predicted molar refractivity (Wildman–Crippen MR) is 113 cm³/mol. The minimum absolute atomic E-state index is 0.192. The second kappa shape index (κ2) is 9.78. The Morgan fingerprint density at radius 1 is 1.00 bits per heavy atom. The molecule has 2 heterocycles. The summed E-state index contributed by atoms with van der Waals surface area (Å²) in [5, 5.41) is 3.95. The molecule has 0 unspecified atom stereocenters. The van der Waals surface area contributed by atoms with Crippen LogP contribution in [0.2, 0.25) is 0 Å². The summed E-state index contributed by atoms with van der Waals surface area (Å²) in [4.78, 5) is 3.01. The molecule has 2 aliphatic rings. The Labute approximate surface area is 181 Å². The molecule has 5 atom stereocenters. The molecule has 4 rings (SSSR count). The lowest BCUT2D eigenvalue weighted by Crippen LogP contribution is -2.43. The molecule has 0 radical (unpaired) electrons. The lowest BCUT2D eigenvalue weighted by molar-refractivity contribution is -0.222. The molecular weight excluding hydrogens is 398 g/mol. The Kier molecular flexibility index (Phi) is 6.87. The zero-order chi connectivity index (χ0) is 21.7. The third-order valence-electron chi connectivity index (χ3n) is 5.29. The van der Waals surface area contributed by atoms with Gasteiger partial charge in [-0.1, -0.05) is 65.8 Å². The third-order valence-corrected chi connectivity index (χ3v) is 5.29. The van der Waals surface area contributed by atoms with Gasteiger partial charge in [-0.25, -0.2) is 0 Å². The van der Waals surface area contributed by atoms with Crippen molar-refractivity contribution in [2.24, 2.45) is 5.11 Å². The summed E-state index contributed by atoms with van der Waals surface area (Å²) >= 11 is 0. The molecule has 2 aliphatic heterocycles. The van der Waals surface area contributed by atoms with Crippen LogP contribution in [0.1, 0.15) is 25.0 Å². The first-order chi connectivity index (χ1) is 15.1. The molecule has 8 nitrogen and oxygen atoms in total. The monoisotopic (exact) mass is 425 g/mol. The number of hydrogen-bond acceptors (Lipinski definition) is 6. The van der Waals surface area contributed by atoms with Crippen molar-refractivity contribution >= 4 is 0 Å². The van der Waals surface area contributed by atoms with Crippen molar-refractivity contribution in [1.29, 1.82) is 0 Å². The van der Waals surface area contributed by atoms with E-state index in [-0.39, 0.29) is 6.61 Å². The first-order valence-corrected chi connectivity index (χ1v) is 10.4. The van der Waals surface area contributed by atoms with Gasteiger partial charge in [0.25, 0.3) is 0 Å². The van der Waals surface area contributed by atoms with E-state index in [4.69, 9.17) is 29.2 Å². The minimum Gasteiger partial charge on any atom is -0.376 e. The van der Waals surface area contributed by atoms with Crippen molar-refractivity contribution in [3.8, 4) is 0 Å². The van der Waals surface area contributed by atoms with E-state index in [1.807, 2.05) is 74.5 Å². The summed E-state index contributed by atoms with van der Waals surface area (Å²) < 4.78 is 30.1. The van der Waals surface area contributed by atoms with Crippen LogP contribution in [-0.4, -0.2) is 43.0 Å². The van der Waals surface area contributed by atoms with E-state index in [2.05, 4.69) is 10.0 Å². The van der Waals surface area contributed by atoms with Gasteiger partial charge in [-0.3, -0.25) is 0 Å². The van der Waals surface area contributed by atoms with Crippen LogP contribution in [0.3, 0.4) is 0 Å². The number of azide groups is 1. The SMILES string of the molecule is CC1(C)O[C@@H]2O[C@@H]([C@@H](COCc3ccccc3)N=[N+]=[N-])[C@H](OCc3ccccc3)[C@@H]2O1. The van der Waals surface area contributed by atoms with Gasteiger partial charge >= 0.3 is 0 Å². The van der Waals surface area contributed by atoms with Gasteiger partial charge in [-0.05, 0) is 30.5 Å². The summed E-state index contributed by atoms with van der Waals surface area (Å²) in [7, 11) is 0. The molecule has 2 aromatic carbocycles. The van der Waals surface area contributed by atoms with E-state index >= 15 is 0 Å². The summed E-state index contributed by atoms with van der Waals surface area (Å²) in [6.07, 6.45) is -2.04. The van der Waals surface area contributed by atoms with E-state index in [0.29, 0.717) is 13.2 Å². The highest BCUT2D eigenvalue weighted by Gasteiger charge is 2.57. The van der Waals surface area contributed by atoms with Gasteiger partial charge in [0.2, 0.25) is 0 Å². The molecular formula is C23H27N3O5. The summed E-state index contributed by atoms with van der Waals surface area (Å²) in [6.45, 7) is 4.66. The van der Waals surface area contributed by atoms with E-state index in [9.17, 15) is 0 Å². The number of nitrogens with zero attached hydrogens (tertiary/aromatic N) is 3. The number of hydrogen-bond donors (Lipinski definition) is 0. The molecule has 2 saturated heterocycles. The fourth-order valence-corrected chi connectivity index (χ4v) is 3.90. The number of benzene rings is 2. The van der Waals surface area contributed by atoms with Gasteiger partial charge in [-0.2, -0.15) is 0 Å². The number of ether oxygens (including phenoxy) is 5. The van der Waals surface area contributed by atoms with Crippen molar-refractivity contribution < 1.29 is 23.7 Å². The Morgan fingerprint density at radius 2 is 1.65 bits per heavy atom. The highest BCUT2D eigenvalue weighted by molar-refractivity contribution is 5.14. The van der Waals surface area contributed by atoms with Crippen LogP contribution in [-0.2, 0) is 36.9 Å². The fourth-order valence-electron chi connectivity index (χ4n) is 3.90. The molecule has 0 spiro atoms. The van der Waals surface area contributed by atoms with Crippen LogP contribution in [0.25, 0.3) is 10.4 Å². The zero-order valence-electron chi connectivity index (χ0n) is 17.7. The third kappa shape index (κ3) is 5.43. The fraction of sp³-hybridized carbons (Fsp3) is 0.478. The average molecular weight is 425 g/mol. The summed E-state index contributed by atoms with van der Waals surface area (Å²) in [5.41, 5.74) is 11.2. The largest absolute Gasteiger partial charge is 0.376 e. The summed E-state index contributed by atoms with van der Waals surface area (Å²) in [5.74, 6) is -0.771. The molecule has 0 saturated carbocycles. The van der Waals surface area contributed by atoms with Gasteiger partial charge in [0.05, 0.1) is 25.9 Å². The van der Waals surface area contributed by atoms with Crippen molar-refractivity contribution in [2.45, 2.75) is 63.5 Å². The van der Waals surface area contributed by atoms with E-state index in [1.54, 1.807) is 0 Å². The lowest BCUT2D eigenvalue weighted by Gasteiger charge is -2.29. The normalized spacial score (nSPS) is 27.4. The maximum atomic E-state index is 9.14. The topological polar surface area (TPSA) is 94.9 Å². The first-order valence-electron chi connectivity index (χ1n) is 10.4. The van der Waals surface area contributed by atoms with Crippen molar-refractivity contribution in [2.75, 3.05) is 6.61 Å². The Morgan fingerprint density at radius 3 is 2.29 bits per heavy atom. The van der Waals surface area contributed by atoms with Crippen LogP contribution in [0.4, 0.5) is 0 Å². The molecule has 31 heavy (non-hydrogen) atoms. The molecule has 2 aromatic rings. The summed E-state index contributed by atoms with van der Waals surface area (Å²) in [6, 6.07) is 19.1. The van der Waals surface area contributed by atoms with Gasteiger partial charge in [0.15, 0.2) is 12.1 Å². The lowest BCUT2D eigenvalue weighted by atomic mass is 10.0. The molecule has 164 valence electrons. The predicted octanol–water partition coefficient (Wildman–Crippen LogP) is 4.34. The Balaban J connectivity index is 1.46. The van der Waals surface area contributed by atoms with E-state index in [0.717, 1.165) is 11.1 Å².